The average molecular weight is 383 g/mol. The fraction of sp³-hybridized carbons (Fsp3) is 0.118. The van der Waals surface area contributed by atoms with Crippen LogP contribution < -0.4 is 5.43 Å². The van der Waals surface area contributed by atoms with Gasteiger partial charge in [0.15, 0.2) is 0 Å². The molecule has 130 valence electrons. The fourth-order valence-electron chi connectivity index (χ4n) is 1.85. The molecule has 0 spiro atoms. The first kappa shape index (κ1) is 18.9. The number of hydrogen-bond acceptors (Lipinski definition) is 5. The summed E-state index contributed by atoms with van der Waals surface area (Å²) in [6.45, 7) is 1.62. The Morgan fingerprint density at radius 2 is 1.88 bits per heavy atom. The third kappa shape index (κ3) is 4.78. The van der Waals surface area contributed by atoms with Crippen LogP contribution in [0.25, 0.3) is 0 Å². The maximum absolute atomic E-state index is 13.8. The SMILES string of the molecule is CCOC(=O)/C(=N\Nc1ccc(Cl)c(Cl)c1)C(=O)c1ccccc1F. The van der Waals surface area contributed by atoms with Crippen molar-refractivity contribution in [3.05, 3.63) is 63.9 Å². The van der Waals surface area contributed by atoms with Crippen molar-refractivity contribution in [3.8, 4) is 0 Å². The zero-order valence-electron chi connectivity index (χ0n) is 13.1. The van der Waals surface area contributed by atoms with Crippen molar-refractivity contribution in [2.24, 2.45) is 5.10 Å². The lowest BCUT2D eigenvalue weighted by atomic mass is 10.1. The van der Waals surface area contributed by atoms with Gasteiger partial charge < -0.3 is 4.74 Å². The van der Waals surface area contributed by atoms with E-state index in [2.05, 4.69) is 10.5 Å². The number of rotatable bonds is 6. The lowest BCUT2D eigenvalue weighted by molar-refractivity contribution is -0.134. The Bertz CT molecular complexity index is 840. The minimum Gasteiger partial charge on any atom is -0.461 e. The van der Waals surface area contributed by atoms with E-state index in [9.17, 15) is 14.0 Å². The summed E-state index contributed by atoms with van der Waals surface area (Å²) in [6.07, 6.45) is 0. The summed E-state index contributed by atoms with van der Waals surface area (Å²) in [5, 5.41) is 4.38. The molecule has 0 aliphatic carbocycles. The largest absolute Gasteiger partial charge is 0.461 e. The second kappa shape index (κ2) is 8.60. The Morgan fingerprint density at radius 1 is 1.16 bits per heavy atom. The van der Waals surface area contributed by atoms with Gasteiger partial charge in [-0.3, -0.25) is 10.2 Å². The van der Waals surface area contributed by atoms with E-state index >= 15 is 0 Å². The summed E-state index contributed by atoms with van der Waals surface area (Å²) in [4.78, 5) is 24.5. The number of nitrogens with one attached hydrogen (secondary N) is 1. The van der Waals surface area contributed by atoms with Gasteiger partial charge in [0.2, 0.25) is 11.5 Å². The Kier molecular flexibility index (Phi) is 6.50. The van der Waals surface area contributed by atoms with Crippen LogP contribution in [0.4, 0.5) is 10.1 Å². The number of carbonyl (C=O) groups excluding carboxylic acids is 2. The lowest BCUT2D eigenvalue weighted by Gasteiger charge is -2.08. The van der Waals surface area contributed by atoms with Crippen LogP contribution in [-0.4, -0.2) is 24.1 Å². The summed E-state index contributed by atoms with van der Waals surface area (Å²) in [6, 6.07) is 9.81. The lowest BCUT2D eigenvalue weighted by Crippen LogP contribution is -2.28. The van der Waals surface area contributed by atoms with E-state index < -0.39 is 23.3 Å². The summed E-state index contributed by atoms with van der Waals surface area (Å²) in [5.74, 6) is -2.63. The van der Waals surface area contributed by atoms with E-state index in [1.165, 1.54) is 30.3 Å². The monoisotopic (exact) mass is 382 g/mol. The molecule has 0 aliphatic heterocycles. The molecule has 8 heteroatoms. The highest BCUT2D eigenvalue weighted by atomic mass is 35.5. The van der Waals surface area contributed by atoms with E-state index in [-0.39, 0.29) is 17.2 Å². The molecule has 2 aromatic rings. The normalized spacial score (nSPS) is 11.1. The number of ketones is 1. The molecule has 0 heterocycles. The summed E-state index contributed by atoms with van der Waals surface area (Å²) >= 11 is 11.7. The van der Waals surface area contributed by atoms with Gasteiger partial charge in [-0.05, 0) is 37.3 Å². The van der Waals surface area contributed by atoms with Gasteiger partial charge in [-0.1, -0.05) is 35.3 Å². The van der Waals surface area contributed by atoms with Gasteiger partial charge in [0.1, 0.15) is 5.82 Å². The van der Waals surface area contributed by atoms with E-state index in [1.54, 1.807) is 13.0 Å². The highest BCUT2D eigenvalue weighted by molar-refractivity contribution is 6.67. The van der Waals surface area contributed by atoms with Crippen molar-refractivity contribution in [1.82, 2.24) is 0 Å². The third-order valence-corrected chi connectivity index (χ3v) is 3.76. The number of halogens is 3. The summed E-state index contributed by atoms with van der Waals surface area (Å²) in [7, 11) is 0. The smallest absolute Gasteiger partial charge is 0.362 e. The molecular formula is C17H13Cl2FN2O3. The van der Waals surface area contributed by atoms with Crippen LogP contribution in [0.2, 0.25) is 10.0 Å². The molecule has 0 radical (unpaired) electrons. The van der Waals surface area contributed by atoms with Crippen LogP contribution >= 0.6 is 23.2 Å². The second-order valence-electron chi connectivity index (χ2n) is 4.73. The first-order valence-corrected chi connectivity index (χ1v) is 7.94. The van der Waals surface area contributed by atoms with Gasteiger partial charge in [-0.25, -0.2) is 9.18 Å². The number of hydrazone groups is 1. The van der Waals surface area contributed by atoms with Gasteiger partial charge >= 0.3 is 5.97 Å². The number of carbonyl (C=O) groups is 2. The van der Waals surface area contributed by atoms with Gasteiger partial charge in [0, 0.05) is 0 Å². The first-order valence-electron chi connectivity index (χ1n) is 7.19. The van der Waals surface area contributed by atoms with Gasteiger partial charge in [-0.2, -0.15) is 5.10 Å². The van der Waals surface area contributed by atoms with E-state index in [4.69, 9.17) is 27.9 Å². The highest BCUT2D eigenvalue weighted by Crippen LogP contribution is 2.25. The summed E-state index contributed by atoms with van der Waals surface area (Å²) < 4.78 is 18.6. The molecule has 5 nitrogen and oxygen atoms in total. The molecule has 0 fully saturated rings. The maximum Gasteiger partial charge on any atom is 0.362 e. The molecule has 0 saturated carbocycles. The molecule has 0 bridgehead atoms. The van der Waals surface area contributed by atoms with Gasteiger partial charge in [0.05, 0.1) is 27.9 Å². The molecule has 0 aromatic heterocycles. The molecule has 0 unspecified atom stereocenters. The molecule has 0 aliphatic rings. The Balaban J connectivity index is 2.35. The number of Topliss-reactive ketones (excluding diaryl/α,β-unsaturated/α-hetero) is 1. The molecule has 1 N–H and O–H groups in total. The number of ether oxygens (including phenoxy) is 1. The molecular weight excluding hydrogens is 370 g/mol. The topological polar surface area (TPSA) is 67.8 Å². The molecule has 25 heavy (non-hydrogen) atoms. The number of esters is 1. The maximum atomic E-state index is 13.8. The average Bonchev–Trinajstić information content (AvgIpc) is 2.58. The van der Waals surface area contributed by atoms with E-state index in [0.717, 1.165) is 6.07 Å². The zero-order valence-corrected chi connectivity index (χ0v) is 14.6. The minimum absolute atomic E-state index is 0.0369. The zero-order chi connectivity index (χ0) is 18.4. The Labute approximate surface area is 153 Å². The predicted molar refractivity (Wildman–Crippen MR) is 94.9 cm³/mol. The van der Waals surface area contributed by atoms with E-state index in [0.29, 0.717) is 10.7 Å². The third-order valence-electron chi connectivity index (χ3n) is 3.02. The first-order chi connectivity index (χ1) is 11.9. The number of nitrogens with zero attached hydrogens (tertiary/aromatic N) is 1. The van der Waals surface area contributed by atoms with Crippen molar-refractivity contribution in [1.29, 1.82) is 0 Å². The Morgan fingerprint density at radius 3 is 2.52 bits per heavy atom. The number of anilines is 1. The second-order valence-corrected chi connectivity index (χ2v) is 5.54. The fourth-order valence-corrected chi connectivity index (χ4v) is 2.15. The van der Waals surface area contributed by atoms with Gasteiger partial charge in [-0.15, -0.1) is 0 Å². The van der Waals surface area contributed by atoms with Crippen molar-refractivity contribution in [2.75, 3.05) is 12.0 Å². The van der Waals surface area contributed by atoms with E-state index in [1.807, 2.05) is 0 Å². The molecule has 0 atom stereocenters. The number of benzene rings is 2. The molecule has 0 amide bonds. The van der Waals surface area contributed by atoms with Crippen molar-refractivity contribution in [3.63, 3.8) is 0 Å². The molecule has 2 rings (SSSR count). The van der Waals surface area contributed by atoms with Crippen LogP contribution in [0.1, 0.15) is 17.3 Å². The predicted octanol–water partition coefficient (Wildman–Crippen LogP) is 4.35. The van der Waals surface area contributed by atoms with Crippen LogP contribution in [0, 0.1) is 5.82 Å². The standard InChI is InChI=1S/C17H13Cl2FN2O3/c1-2-25-17(24)15(16(23)11-5-3-4-6-14(11)20)22-21-10-7-8-12(18)13(19)9-10/h3-9,21H,2H2,1H3/b22-15-. The van der Waals surface area contributed by atoms with Crippen LogP contribution in [0.3, 0.4) is 0 Å². The molecule has 0 saturated heterocycles. The Hall–Kier alpha value is -2.44. The molecule has 2 aromatic carbocycles. The number of hydrogen-bond donors (Lipinski definition) is 1. The quantitative estimate of drug-likeness (QED) is 0.265. The minimum atomic E-state index is -0.969. The van der Waals surface area contributed by atoms with Gasteiger partial charge in [0.25, 0.3) is 0 Å². The summed E-state index contributed by atoms with van der Waals surface area (Å²) in [5.41, 5.74) is 2.04. The van der Waals surface area contributed by atoms with Crippen LogP contribution in [0.15, 0.2) is 47.6 Å². The van der Waals surface area contributed by atoms with Crippen LogP contribution in [-0.2, 0) is 9.53 Å². The van der Waals surface area contributed by atoms with Crippen molar-refractivity contribution in [2.45, 2.75) is 6.92 Å². The van der Waals surface area contributed by atoms with Crippen molar-refractivity contribution >= 4 is 46.4 Å². The van der Waals surface area contributed by atoms with Crippen LogP contribution in [0.5, 0.6) is 0 Å². The highest BCUT2D eigenvalue weighted by Gasteiger charge is 2.25. The van der Waals surface area contributed by atoms with Crippen molar-refractivity contribution < 1.29 is 18.7 Å².